The van der Waals surface area contributed by atoms with Crippen LogP contribution in [0.1, 0.15) is 52.8 Å². The summed E-state index contributed by atoms with van der Waals surface area (Å²) in [5.74, 6) is -2.51. The lowest BCUT2D eigenvalue weighted by Crippen LogP contribution is -2.27. The van der Waals surface area contributed by atoms with E-state index < -0.39 is 23.4 Å². The molecular formula is C34H28F2N4O5. The average molecular weight is 611 g/mol. The van der Waals surface area contributed by atoms with Crippen molar-refractivity contribution in [3.05, 3.63) is 106 Å². The van der Waals surface area contributed by atoms with E-state index in [1.165, 1.54) is 12.1 Å². The summed E-state index contributed by atoms with van der Waals surface area (Å²) in [5, 5.41) is 28.9. The van der Waals surface area contributed by atoms with Gasteiger partial charge in [-0.25, -0.2) is 23.5 Å². The van der Waals surface area contributed by atoms with Gasteiger partial charge in [0.25, 0.3) is 0 Å². The number of phenols is 1. The molecule has 1 atom stereocenters. The lowest BCUT2D eigenvalue weighted by molar-refractivity contribution is 0.0694. The van der Waals surface area contributed by atoms with Crippen molar-refractivity contribution < 1.29 is 33.3 Å². The largest absolute Gasteiger partial charge is 0.507 e. The number of carboxylic acids is 1. The molecule has 45 heavy (non-hydrogen) atoms. The number of imidazole rings is 1. The van der Waals surface area contributed by atoms with E-state index in [9.17, 15) is 15.0 Å². The first-order valence-corrected chi connectivity index (χ1v) is 14.2. The molecule has 1 fully saturated rings. The predicted molar refractivity (Wildman–Crippen MR) is 160 cm³/mol. The monoisotopic (exact) mass is 610 g/mol. The molecule has 2 aromatic heterocycles. The summed E-state index contributed by atoms with van der Waals surface area (Å²) in [5.41, 5.74) is 1.65. The molecule has 0 bridgehead atoms. The van der Waals surface area contributed by atoms with Crippen molar-refractivity contribution in [1.82, 2.24) is 14.5 Å². The molecule has 228 valence electrons. The second-order valence-corrected chi connectivity index (χ2v) is 11.6. The van der Waals surface area contributed by atoms with Gasteiger partial charge in [-0.15, -0.1) is 0 Å². The van der Waals surface area contributed by atoms with E-state index in [0.717, 1.165) is 17.7 Å². The Labute approximate surface area is 256 Å². The zero-order valence-corrected chi connectivity index (χ0v) is 24.4. The molecule has 0 aliphatic carbocycles. The van der Waals surface area contributed by atoms with Crippen molar-refractivity contribution in [3.63, 3.8) is 0 Å². The fourth-order valence-electron chi connectivity index (χ4n) is 5.57. The minimum Gasteiger partial charge on any atom is -0.507 e. The molecule has 1 aliphatic rings. The normalized spacial score (nSPS) is 15.7. The molecule has 11 heteroatoms. The molecular weight excluding hydrogens is 582 g/mol. The SMILES string of the molecule is CC1(C)COC[C@H]1n1c(Cc2cc(F)c(-c3cccc(OCc4ccc(C#N)cc4)n3)cc2F)nc2cc(O)c(C(=O)O)cc21. The molecule has 1 aliphatic heterocycles. The Morgan fingerprint density at radius 3 is 2.58 bits per heavy atom. The first kappa shape index (κ1) is 29.7. The van der Waals surface area contributed by atoms with Crippen molar-refractivity contribution in [2.75, 3.05) is 13.2 Å². The zero-order valence-electron chi connectivity index (χ0n) is 24.4. The number of benzene rings is 3. The summed E-state index contributed by atoms with van der Waals surface area (Å²) in [7, 11) is 0. The molecule has 3 aromatic carbocycles. The number of halogens is 2. The second kappa shape index (κ2) is 11.6. The number of hydrogen-bond donors (Lipinski definition) is 2. The number of nitrogens with zero attached hydrogens (tertiary/aromatic N) is 4. The maximum Gasteiger partial charge on any atom is 0.339 e. The minimum absolute atomic E-state index is 0.0421. The van der Waals surface area contributed by atoms with Crippen molar-refractivity contribution in [1.29, 1.82) is 5.26 Å². The van der Waals surface area contributed by atoms with E-state index >= 15 is 8.78 Å². The van der Waals surface area contributed by atoms with Crippen LogP contribution in [0.3, 0.4) is 0 Å². The number of ether oxygens (including phenoxy) is 2. The molecule has 3 heterocycles. The van der Waals surface area contributed by atoms with E-state index in [1.807, 2.05) is 18.4 Å². The number of carbonyl (C=O) groups is 1. The van der Waals surface area contributed by atoms with Crippen LogP contribution in [-0.4, -0.2) is 43.9 Å². The lowest BCUT2D eigenvalue weighted by Gasteiger charge is -2.28. The van der Waals surface area contributed by atoms with Crippen LogP contribution in [0.2, 0.25) is 0 Å². The van der Waals surface area contributed by atoms with Gasteiger partial charge in [-0.1, -0.05) is 32.0 Å². The first-order chi connectivity index (χ1) is 21.5. The van der Waals surface area contributed by atoms with Gasteiger partial charge in [0.2, 0.25) is 5.88 Å². The molecule has 2 N–H and O–H groups in total. The second-order valence-electron chi connectivity index (χ2n) is 11.6. The summed E-state index contributed by atoms with van der Waals surface area (Å²) in [6, 6.07) is 18.3. The van der Waals surface area contributed by atoms with Crippen LogP contribution >= 0.6 is 0 Å². The Kier molecular flexibility index (Phi) is 7.68. The van der Waals surface area contributed by atoms with Crippen LogP contribution < -0.4 is 4.74 Å². The fraction of sp³-hybridized carbons (Fsp3) is 0.235. The number of rotatable bonds is 8. The van der Waals surface area contributed by atoms with Crippen LogP contribution in [0.5, 0.6) is 11.6 Å². The van der Waals surface area contributed by atoms with Gasteiger partial charge in [0, 0.05) is 29.5 Å². The van der Waals surface area contributed by atoms with Gasteiger partial charge in [-0.2, -0.15) is 5.26 Å². The molecule has 9 nitrogen and oxygen atoms in total. The minimum atomic E-state index is -1.30. The Bertz CT molecular complexity index is 1980. The zero-order chi connectivity index (χ0) is 31.9. The summed E-state index contributed by atoms with van der Waals surface area (Å²) < 4.78 is 44.5. The lowest BCUT2D eigenvalue weighted by atomic mass is 9.87. The molecule has 6 rings (SSSR count). The molecule has 0 saturated carbocycles. The highest BCUT2D eigenvalue weighted by Crippen LogP contribution is 2.41. The van der Waals surface area contributed by atoms with Crippen molar-refractivity contribution in [3.8, 4) is 29.0 Å². The van der Waals surface area contributed by atoms with E-state index in [0.29, 0.717) is 35.6 Å². The van der Waals surface area contributed by atoms with Gasteiger partial charge >= 0.3 is 5.97 Å². The van der Waals surface area contributed by atoms with E-state index in [4.69, 9.17) is 14.7 Å². The van der Waals surface area contributed by atoms with Crippen molar-refractivity contribution in [2.24, 2.45) is 5.41 Å². The number of carboxylic acid groups (broad SMARTS) is 1. The van der Waals surface area contributed by atoms with Gasteiger partial charge in [0.05, 0.1) is 47.6 Å². The number of aromatic nitrogens is 3. The van der Waals surface area contributed by atoms with Crippen molar-refractivity contribution >= 4 is 17.0 Å². The number of aromatic carboxylic acids is 1. The number of nitriles is 1. The standard InChI is InChI=1S/C34H28F2N4O5/c1-34(2)18-44-17-30(34)40-28-13-23(33(42)43)29(41)14-27(28)38-31(40)11-21-10-25(36)22(12-24(21)35)26-4-3-5-32(39-26)45-16-20-8-6-19(15-37)7-9-20/h3-10,12-14,30,41H,11,16-18H2,1-2H3,(H,42,43)/t30-/m1/s1. The predicted octanol–water partition coefficient (Wildman–Crippen LogP) is 6.42. The number of hydrogen-bond acceptors (Lipinski definition) is 7. The third-order valence-corrected chi connectivity index (χ3v) is 8.03. The fourth-order valence-corrected chi connectivity index (χ4v) is 5.57. The summed E-state index contributed by atoms with van der Waals surface area (Å²) in [6.45, 7) is 4.95. The van der Waals surface area contributed by atoms with Gasteiger partial charge < -0.3 is 24.3 Å². The van der Waals surface area contributed by atoms with E-state index in [1.54, 1.807) is 42.5 Å². The highest BCUT2D eigenvalue weighted by Gasteiger charge is 2.39. The quantitative estimate of drug-likeness (QED) is 0.206. The Hall–Kier alpha value is -5.34. The summed E-state index contributed by atoms with van der Waals surface area (Å²) in [6.07, 6.45) is -0.103. The highest BCUT2D eigenvalue weighted by molar-refractivity contribution is 5.96. The van der Waals surface area contributed by atoms with Gasteiger partial charge in [-0.05, 0) is 47.5 Å². The van der Waals surface area contributed by atoms with E-state index in [2.05, 4.69) is 16.0 Å². The molecule has 0 spiro atoms. The molecule has 1 saturated heterocycles. The van der Waals surface area contributed by atoms with Crippen LogP contribution in [0.25, 0.3) is 22.3 Å². The number of fused-ring (bicyclic) bond motifs is 1. The topological polar surface area (TPSA) is 130 Å². The maximum absolute atomic E-state index is 15.7. The summed E-state index contributed by atoms with van der Waals surface area (Å²) in [4.78, 5) is 20.8. The smallest absolute Gasteiger partial charge is 0.339 e. The van der Waals surface area contributed by atoms with Gasteiger partial charge in [-0.3, -0.25) is 0 Å². The Balaban J connectivity index is 1.32. The molecule has 0 unspecified atom stereocenters. The molecule has 0 amide bonds. The molecule has 5 aromatic rings. The number of pyridine rings is 1. The van der Waals surface area contributed by atoms with Crippen LogP contribution in [-0.2, 0) is 17.8 Å². The summed E-state index contributed by atoms with van der Waals surface area (Å²) >= 11 is 0. The third kappa shape index (κ3) is 5.80. The third-order valence-electron chi connectivity index (χ3n) is 8.03. The van der Waals surface area contributed by atoms with Crippen LogP contribution in [0.15, 0.2) is 66.7 Å². The Morgan fingerprint density at radius 1 is 1.11 bits per heavy atom. The number of aromatic hydroxyl groups is 1. The van der Waals surface area contributed by atoms with Crippen LogP contribution in [0, 0.1) is 28.4 Å². The van der Waals surface area contributed by atoms with Crippen molar-refractivity contribution in [2.45, 2.75) is 32.9 Å². The highest BCUT2D eigenvalue weighted by atomic mass is 19.1. The van der Waals surface area contributed by atoms with Crippen LogP contribution in [0.4, 0.5) is 8.78 Å². The van der Waals surface area contributed by atoms with Gasteiger partial charge in [0.15, 0.2) is 0 Å². The maximum atomic E-state index is 15.7. The Morgan fingerprint density at radius 2 is 1.89 bits per heavy atom. The molecule has 0 radical (unpaired) electrons. The first-order valence-electron chi connectivity index (χ1n) is 14.2. The average Bonchev–Trinajstić information content (AvgIpc) is 3.54. The van der Waals surface area contributed by atoms with Gasteiger partial charge in [0.1, 0.15) is 35.4 Å². The van der Waals surface area contributed by atoms with E-state index in [-0.39, 0.29) is 52.7 Å².